The number of amides is 1. The van der Waals surface area contributed by atoms with Crippen molar-refractivity contribution in [1.82, 2.24) is 0 Å². The maximum Gasteiger partial charge on any atom is 0.234 e. The van der Waals surface area contributed by atoms with Crippen LogP contribution in [0.5, 0.6) is 0 Å². The smallest absolute Gasteiger partial charge is 0.234 e. The highest BCUT2D eigenvalue weighted by atomic mass is 32.1. The molecular formula is C13H20N2OS. The van der Waals surface area contributed by atoms with Gasteiger partial charge in [-0.25, -0.2) is 0 Å². The Balaban J connectivity index is 2.89. The average Bonchev–Trinajstić information content (AvgIpc) is 2.33. The van der Waals surface area contributed by atoms with E-state index in [4.69, 9.17) is 0 Å². The fraction of sp³-hybridized carbons (Fsp3) is 0.462. The Bertz CT molecular complexity index is 389. The van der Waals surface area contributed by atoms with Crippen LogP contribution in [0.25, 0.3) is 0 Å². The molecule has 1 N–H and O–H groups in total. The van der Waals surface area contributed by atoms with E-state index in [0.717, 1.165) is 24.3 Å². The molecule has 0 bridgehead atoms. The van der Waals surface area contributed by atoms with Crippen LogP contribution < -0.4 is 10.2 Å². The van der Waals surface area contributed by atoms with Gasteiger partial charge in [0.25, 0.3) is 0 Å². The normalized spacial score (nSPS) is 10.1. The number of carbonyl (C=O) groups excluding carboxylic acids is 1. The largest absolute Gasteiger partial charge is 0.372 e. The van der Waals surface area contributed by atoms with E-state index in [1.807, 2.05) is 19.1 Å². The van der Waals surface area contributed by atoms with Crippen LogP contribution in [-0.2, 0) is 4.79 Å². The van der Waals surface area contributed by atoms with Crippen molar-refractivity contribution in [2.24, 2.45) is 0 Å². The number of nitrogens with one attached hydrogen (secondary N) is 1. The molecule has 0 aliphatic carbocycles. The number of nitrogens with zero attached hydrogens (tertiary/aromatic N) is 1. The number of thiol groups is 1. The molecule has 1 amide bonds. The number of carbonyl (C=O) groups is 1. The van der Waals surface area contributed by atoms with Gasteiger partial charge in [0.2, 0.25) is 5.91 Å². The van der Waals surface area contributed by atoms with Crippen molar-refractivity contribution < 1.29 is 4.79 Å². The number of hydrogen-bond acceptors (Lipinski definition) is 3. The maximum absolute atomic E-state index is 11.3. The third-order valence-corrected chi connectivity index (χ3v) is 3.04. The van der Waals surface area contributed by atoms with Crippen LogP contribution in [0.4, 0.5) is 11.4 Å². The van der Waals surface area contributed by atoms with Crippen molar-refractivity contribution in [3.05, 3.63) is 23.8 Å². The van der Waals surface area contributed by atoms with Gasteiger partial charge < -0.3 is 10.2 Å². The van der Waals surface area contributed by atoms with Crippen molar-refractivity contribution >= 4 is 29.9 Å². The van der Waals surface area contributed by atoms with Crippen LogP contribution in [0.2, 0.25) is 0 Å². The highest BCUT2D eigenvalue weighted by Crippen LogP contribution is 2.22. The van der Waals surface area contributed by atoms with E-state index < -0.39 is 0 Å². The van der Waals surface area contributed by atoms with Gasteiger partial charge in [-0.2, -0.15) is 12.6 Å². The van der Waals surface area contributed by atoms with Crippen molar-refractivity contribution in [1.29, 1.82) is 0 Å². The zero-order valence-electron chi connectivity index (χ0n) is 10.7. The van der Waals surface area contributed by atoms with Gasteiger partial charge in [0.05, 0.1) is 5.75 Å². The minimum absolute atomic E-state index is 0.0768. The highest BCUT2D eigenvalue weighted by Gasteiger charge is 2.06. The molecule has 0 aliphatic heterocycles. The first-order valence-corrected chi connectivity index (χ1v) is 6.51. The lowest BCUT2D eigenvalue weighted by Gasteiger charge is -2.22. The summed E-state index contributed by atoms with van der Waals surface area (Å²) in [5.41, 5.74) is 3.13. The topological polar surface area (TPSA) is 32.3 Å². The Morgan fingerprint density at radius 3 is 2.47 bits per heavy atom. The standard InChI is InChI=1S/C13H20N2OS/c1-4-15(5-2)11-6-7-12(10(3)8-11)14-13(16)9-17/h6-8,17H,4-5,9H2,1-3H3,(H,14,16). The lowest BCUT2D eigenvalue weighted by atomic mass is 10.1. The van der Waals surface area contributed by atoms with E-state index in [1.165, 1.54) is 5.69 Å². The zero-order chi connectivity index (χ0) is 12.8. The predicted octanol–water partition coefficient (Wildman–Crippen LogP) is 2.71. The molecule has 0 aliphatic rings. The molecule has 0 heterocycles. The zero-order valence-corrected chi connectivity index (χ0v) is 11.6. The molecule has 0 fully saturated rings. The molecule has 17 heavy (non-hydrogen) atoms. The van der Waals surface area contributed by atoms with E-state index in [9.17, 15) is 4.79 Å². The number of aryl methyl sites for hydroxylation is 1. The van der Waals surface area contributed by atoms with Crippen LogP contribution in [0, 0.1) is 6.92 Å². The Kier molecular flexibility index (Phi) is 5.35. The quantitative estimate of drug-likeness (QED) is 0.790. The van der Waals surface area contributed by atoms with Gasteiger partial charge in [-0.3, -0.25) is 4.79 Å². The number of anilines is 2. The summed E-state index contributed by atoms with van der Waals surface area (Å²) < 4.78 is 0. The van der Waals surface area contributed by atoms with Gasteiger partial charge in [-0.1, -0.05) is 0 Å². The molecule has 0 aromatic heterocycles. The molecule has 3 nitrogen and oxygen atoms in total. The van der Waals surface area contributed by atoms with Crippen LogP contribution in [0.15, 0.2) is 18.2 Å². The summed E-state index contributed by atoms with van der Waals surface area (Å²) in [6.45, 7) is 8.24. The lowest BCUT2D eigenvalue weighted by molar-refractivity contribution is -0.113. The molecule has 1 aromatic carbocycles. The second-order valence-corrected chi connectivity index (χ2v) is 4.19. The van der Waals surface area contributed by atoms with Gasteiger partial charge in [-0.05, 0) is 44.5 Å². The van der Waals surface area contributed by atoms with E-state index >= 15 is 0 Å². The molecular weight excluding hydrogens is 232 g/mol. The summed E-state index contributed by atoms with van der Waals surface area (Å²) >= 11 is 3.94. The molecule has 1 rings (SSSR count). The Hall–Kier alpha value is -1.16. The molecule has 0 unspecified atom stereocenters. The third-order valence-electron chi connectivity index (χ3n) is 2.76. The van der Waals surface area contributed by atoms with Crippen molar-refractivity contribution in [2.45, 2.75) is 20.8 Å². The lowest BCUT2D eigenvalue weighted by Crippen LogP contribution is -2.22. The molecule has 0 spiro atoms. The number of benzene rings is 1. The first-order valence-electron chi connectivity index (χ1n) is 5.88. The van der Waals surface area contributed by atoms with E-state index in [-0.39, 0.29) is 11.7 Å². The summed E-state index contributed by atoms with van der Waals surface area (Å²) in [5, 5.41) is 2.83. The Labute approximate surface area is 109 Å². The summed E-state index contributed by atoms with van der Waals surface area (Å²) in [6.07, 6.45) is 0. The fourth-order valence-corrected chi connectivity index (χ4v) is 1.84. The summed E-state index contributed by atoms with van der Waals surface area (Å²) in [6, 6.07) is 6.08. The van der Waals surface area contributed by atoms with Gasteiger partial charge in [0.1, 0.15) is 0 Å². The fourth-order valence-electron chi connectivity index (χ4n) is 1.76. The summed E-state index contributed by atoms with van der Waals surface area (Å²) in [7, 11) is 0. The number of hydrogen-bond donors (Lipinski definition) is 2. The molecule has 0 saturated carbocycles. The number of rotatable bonds is 5. The van der Waals surface area contributed by atoms with Crippen molar-refractivity contribution in [3.63, 3.8) is 0 Å². The minimum Gasteiger partial charge on any atom is -0.372 e. The monoisotopic (exact) mass is 252 g/mol. The SMILES string of the molecule is CCN(CC)c1ccc(NC(=O)CS)c(C)c1. The van der Waals surface area contributed by atoms with Gasteiger partial charge in [0, 0.05) is 24.5 Å². The minimum atomic E-state index is -0.0768. The second-order valence-electron chi connectivity index (χ2n) is 3.88. The molecule has 4 heteroatoms. The second kappa shape index (κ2) is 6.55. The van der Waals surface area contributed by atoms with Crippen molar-refractivity contribution in [3.8, 4) is 0 Å². The first kappa shape index (κ1) is 13.9. The van der Waals surface area contributed by atoms with Gasteiger partial charge in [-0.15, -0.1) is 0 Å². The molecule has 0 radical (unpaired) electrons. The predicted molar refractivity (Wildman–Crippen MR) is 77.2 cm³/mol. The van der Waals surface area contributed by atoms with Crippen LogP contribution in [0.1, 0.15) is 19.4 Å². The van der Waals surface area contributed by atoms with Crippen LogP contribution in [0.3, 0.4) is 0 Å². The first-order chi connectivity index (χ1) is 8.12. The van der Waals surface area contributed by atoms with Crippen LogP contribution >= 0.6 is 12.6 Å². The molecule has 94 valence electrons. The maximum atomic E-state index is 11.3. The molecule has 0 saturated heterocycles. The van der Waals surface area contributed by atoms with Gasteiger partial charge in [0.15, 0.2) is 0 Å². The van der Waals surface area contributed by atoms with E-state index in [1.54, 1.807) is 0 Å². The summed E-state index contributed by atoms with van der Waals surface area (Å²) in [5.74, 6) is 0.129. The Morgan fingerprint density at radius 2 is 2.00 bits per heavy atom. The third kappa shape index (κ3) is 3.66. The van der Waals surface area contributed by atoms with E-state index in [2.05, 4.69) is 42.8 Å². The highest BCUT2D eigenvalue weighted by molar-refractivity contribution is 7.81. The van der Waals surface area contributed by atoms with Crippen LogP contribution in [-0.4, -0.2) is 24.7 Å². The molecule has 0 atom stereocenters. The molecule has 1 aromatic rings. The van der Waals surface area contributed by atoms with E-state index in [0.29, 0.717) is 0 Å². The summed E-state index contributed by atoms with van der Waals surface area (Å²) in [4.78, 5) is 13.5. The van der Waals surface area contributed by atoms with Crippen molar-refractivity contribution in [2.75, 3.05) is 29.1 Å². The Morgan fingerprint density at radius 1 is 1.35 bits per heavy atom. The van der Waals surface area contributed by atoms with Gasteiger partial charge >= 0.3 is 0 Å². The average molecular weight is 252 g/mol.